The summed E-state index contributed by atoms with van der Waals surface area (Å²) in [5.74, 6) is 0.959. The Bertz CT molecular complexity index is 719. The van der Waals surface area contributed by atoms with E-state index in [4.69, 9.17) is 4.74 Å². The first-order valence-electron chi connectivity index (χ1n) is 7.71. The molecule has 0 amide bonds. The van der Waals surface area contributed by atoms with Gasteiger partial charge in [-0.1, -0.05) is 66.7 Å². The number of rotatable bonds is 6. The SMILES string of the molecule is CN[C@@H](CCOc1cccc2ccccc12)c1ccccc1. The molecule has 0 unspecified atom stereocenters. The van der Waals surface area contributed by atoms with E-state index >= 15 is 0 Å². The van der Waals surface area contributed by atoms with Gasteiger partial charge in [-0.2, -0.15) is 0 Å². The Kier molecular flexibility index (Phi) is 4.71. The summed E-state index contributed by atoms with van der Waals surface area (Å²) in [5.41, 5.74) is 1.30. The third-order valence-electron chi connectivity index (χ3n) is 3.96. The van der Waals surface area contributed by atoms with Crippen LogP contribution in [0.1, 0.15) is 18.0 Å². The van der Waals surface area contributed by atoms with Crippen LogP contribution in [0, 0.1) is 0 Å². The van der Waals surface area contributed by atoms with Crippen LogP contribution in [-0.2, 0) is 0 Å². The molecule has 0 spiro atoms. The Morgan fingerprint density at radius 3 is 2.41 bits per heavy atom. The Labute approximate surface area is 131 Å². The minimum atomic E-state index is 0.316. The number of nitrogens with one attached hydrogen (secondary N) is 1. The summed E-state index contributed by atoms with van der Waals surface area (Å²) in [5, 5.41) is 5.75. The van der Waals surface area contributed by atoms with Gasteiger partial charge in [-0.15, -0.1) is 0 Å². The van der Waals surface area contributed by atoms with Crippen molar-refractivity contribution in [1.82, 2.24) is 5.32 Å². The normalized spacial score (nSPS) is 12.2. The average Bonchev–Trinajstić information content (AvgIpc) is 2.59. The number of benzene rings is 3. The van der Waals surface area contributed by atoms with Crippen molar-refractivity contribution in [1.29, 1.82) is 0 Å². The molecular formula is C20H21NO. The fourth-order valence-corrected chi connectivity index (χ4v) is 2.77. The monoisotopic (exact) mass is 291 g/mol. The molecule has 0 saturated heterocycles. The van der Waals surface area contributed by atoms with E-state index in [1.807, 2.05) is 25.2 Å². The van der Waals surface area contributed by atoms with Crippen molar-refractivity contribution < 1.29 is 4.74 Å². The second-order valence-electron chi connectivity index (χ2n) is 5.37. The lowest BCUT2D eigenvalue weighted by Crippen LogP contribution is -2.19. The van der Waals surface area contributed by atoms with Crippen LogP contribution in [0.15, 0.2) is 72.8 Å². The summed E-state index contributed by atoms with van der Waals surface area (Å²) in [7, 11) is 2.00. The first kappa shape index (κ1) is 14.6. The first-order chi connectivity index (χ1) is 10.9. The molecule has 0 saturated carbocycles. The molecule has 1 atom stereocenters. The maximum Gasteiger partial charge on any atom is 0.127 e. The quantitative estimate of drug-likeness (QED) is 0.718. The molecule has 2 nitrogen and oxygen atoms in total. The van der Waals surface area contributed by atoms with Crippen LogP contribution < -0.4 is 10.1 Å². The van der Waals surface area contributed by atoms with Crippen LogP contribution >= 0.6 is 0 Å². The molecule has 0 aliphatic rings. The summed E-state index contributed by atoms with van der Waals surface area (Å²) in [6, 6.07) is 25.3. The van der Waals surface area contributed by atoms with Crippen LogP contribution in [0.3, 0.4) is 0 Å². The topological polar surface area (TPSA) is 21.3 Å². The van der Waals surface area contributed by atoms with E-state index in [-0.39, 0.29) is 0 Å². The van der Waals surface area contributed by atoms with Crippen molar-refractivity contribution in [3.05, 3.63) is 78.4 Å². The molecule has 0 bridgehead atoms. The smallest absolute Gasteiger partial charge is 0.127 e. The highest BCUT2D eigenvalue weighted by molar-refractivity contribution is 5.88. The van der Waals surface area contributed by atoms with Gasteiger partial charge in [0.1, 0.15) is 5.75 Å². The minimum absolute atomic E-state index is 0.316. The molecule has 0 aliphatic heterocycles. The van der Waals surface area contributed by atoms with Crippen molar-refractivity contribution in [2.75, 3.05) is 13.7 Å². The van der Waals surface area contributed by atoms with Gasteiger partial charge in [-0.05, 0) is 24.1 Å². The van der Waals surface area contributed by atoms with E-state index in [0.29, 0.717) is 12.6 Å². The van der Waals surface area contributed by atoms with Crippen molar-refractivity contribution in [2.45, 2.75) is 12.5 Å². The van der Waals surface area contributed by atoms with E-state index in [0.717, 1.165) is 12.2 Å². The molecule has 112 valence electrons. The Hall–Kier alpha value is -2.32. The predicted molar refractivity (Wildman–Crippen MR) is 92.3 cm³/mol. The van der Waals surface area contributed by atoms with Crippen LogP contribution in [0.25, 0.3) is 10.8 Å². The largest absolute Gasteiger partial charge is 0.493 e. The fraction of sp³-hybridized carbons (Fsp3) is 0.200. The summed E-state index contributed by atoms with van der Waals surface area (Å²) < 4.78 is 6.03. The highest BCUT2D eigenvalue weighted by atomic mass is 16.5. The predicted octanol–water partition coefficient (Wildman–Crippen LogP) is 4.57. The molecular weight excluding hydrogens is 270 g/mol. The maximum atomic E-state index is 6.03. The van der Waals surface area contributed by atoms with Gasteiger partial charge in [-0.25, -0.2) is 0 Å². The van der Waals surface area contributed by atoms with Crippen LogP contribution in [-0.4, -0.2) is 13.7 Å². The van der Waals surface area contributed by atoms with Gasteiger partial charge in [0.15, 0.2) is 0 Å². The minimum Gasteiger partial charge on any atom is -0.493 e. The van der Waals surface area contributed by atoms with E-state index in [9.17, 15) is 0 Å². The lowest BCUT2D eigenvalue weighted by molar-refractivity contribution is 0.293. The molecule has 1 N–H and O–H groups in total. The van der Waals surface area contributed by atoms with Crippen molar-refractivity contribution in [3.8, 4) is 5.75 Å². The number of ether oxygens (including phenoxy) is 1. The van der Waals surface area contributed by atoms with Crippen LogP contribution in [0.5, 0.6) is 5.75 Å². The second-order valence-corrected chi connectivity index (χ2v) is 5.37. The van der Waals surface area contributed by atoms with Gasteiger partial charge in [0.2, 0.25) is 0 Å². The summed E-state index contributed by atoms with van der Waals surface area (Å²) in [6.07, 6.45) is 0.934. The Morgan fingerprint density at radius 2 is 1.59 bits per heavy atom. The molecule has 3 rings (SSSR count). The average molecular weight is 291 g/mol. The molecule has 0 fully saturated rings. The molecule has 22 heavy (non-hydrogen) atoms. The molecule has 0 radical (unpaired) electrons. The molecule has 0 aromatic heterocycles. The van der Waals surface area contributed by atoms with Crippen molar-refractivity contribution >= 4 is 10.8 Å². The van der Waals surface area contributed by atoms with Gasteiger partial charge >= 0.3 is 0 Å². The van der Waals surface area contributed by atoms with Crippen molar-refractivity contribution in [2.24, 2.45) is 0 Å². The third-order valence-corrected chi connectivity index (χ3v) is 3.96. The fourth-order valence-electron chi connectivity index (χ4n) is 2.77. The molecule has 0 heterocycles. The Morgan fingerprint density at radius 1 is 0.864 bits per heavy atom. The van der Waals surface area contributed by atoms with Gasteiger partial charge in [0.05, 0.1) is 6.61 Å². The maximum absolute atomic E-state index is 6.03. The van der Waals surface area contributed by atoms with Crippen molar-refractivity contribution in [3.63, 3.8) is 0 Å². The summed E-state index contributed by atoms with van der Waals surface area (Å²) in [6.45, 7) is 0.689. The third kappa shape index (κ3) is 3.29. The van der Waals surface area contributed by atoms with Crippen LogP contribution in [0.4, 0.5) is 0 Å². The Balaban J connectivity index is 1.67. The zero-order chi connectivity index (χ0) is 15.2. The van der Waals surface area contributed by atoms with E-state index in [1.165, 1.54) is 16.3 Å². The molecule has 0 aliphatic carbocycles. The molecule has 2 heteroatoms. The van der Waals surface area contributed by atoms with Gasteiger partial charge in [0, 0.05) is 17.8 Å². The number of fused-ring (bicyclic) bond motifs is 1. The van der Waals surface area contributed by atoms with E-state index < -0.39 is 0 Å². The standard InChI is InChI=1S/C20H21NO/c1-21-19(17-9-3-2-4-10-17)14-15-22-20-13-7-11-16-8-5-6-12-18(16)20/h2-13,19,21H,14-15H2,1H3/t19-/m0/s1. The van der Waals surface area contributed by atoms with Gasteiger partial charge in [0.25, 0.3) is 0 Å². The van der Waals surface area contributed by atoms with E-state index in [1.54, 1.807) is 0 Å². The van der Waals surface area contributed by atoms with Crippen LogP contribution in [0.2, 0.25) is 0 Å². The number of hydrogen-bond acceptors (Lipinski definition) is 2. The molecule has 3 aromatic carbocycles. The molecule has 3 aromatic rings. The second kappa shape index (κ2) is 7.10. The lowest BCUT2D eigenvalue weighted by Gasteiger charge is -2.17. The highest BCUT2D eigenvalue weighted by Gasteiger charge is 2.09. The highest BCUT2D eigenvalue weighted by Crippen LogP contribution is 2.26. The number of hydrogen-bond donors (Lipinski definition) is 1. The lowest BCUT2D eigenvalue weighted by atomic mass is 10.0. The summed E-state index contributed by atoms with van der Waals surface area (Å²) in [4.78, 5) is 0. The van der Waals surface area contributed by atoms with Gasteiger partial charge < -0.3 is 10.1 Å². The first-order valence-corrected chi connectivity index (χ1v) is 7.71. The zero-order valence-electron chi connectivity index (χ0n) is 12.8. The van der Waals surface area contributed by atoms with E-state index in [2.05, 4.69) is 59.9 Å². The van der Waals surface area contributed by atoms with Gasteiger partial charge in [-0.3, -0.25) is 0 Å². The zero-order valence-corrected chi connectivity index (χ0v) is 12.8. The summed E-state index contributed by atoms with van der Waals surface area (Å²) >= 11 is 0.